The second-order valence-electron chi connectivity index (χ2n) is 5.28. The number of methoxy groups -OCH3 is 1. The molecular weight excluding hydrogens is 310 g/mol. The summed E-state index contributed by atoms with van der Waals surface area (Å²) in [5.74, 6) is 0.616. The molecule has 6 heteroatoms. The number of aliphatic hydroxyl groups is 1. The van der Waals surface area contributed by atoms with E-state index in [9.17, 15) is 5.11 Å². The Morgan fingerprint density at radius 2 is 2.09 bits per heavy atom. The molecule has 0 amide bonds. The molecule has 0 saturated heterocycles. The van der Waals surface area contributed by atoms with Crippen molar-refractivity contribution < 1.29 is 9.84 Å². The lowest BCUT2D eigenvalue weighted by Crippen LogP contribution is -2.11. The van der Waals surface area contributed by atoms with Gasteiger partial charge in [-0.3, -0.25) is 0 Å². The second-order valence-corrected chi connectivity index (χ2v) is 6.17. The molecule has 0 aliphatic carbocycles. The van der Waals surface area contributed by atoms with Crippen LogP contribution in [0.5, 0.6) is 0 Å². The Hall–Kier alpha value is -2.02. The number of nitrogens with zero attached hydrogens (tertiary/aromatic N) is 3. The van der Waals surface area contributed by atoms with Crippen LogP contribution in [-0.4, -0.2) is 26.8 Å². The van der Waals surface area contributed by atoms with E-state index in [1.807, 2.05) is 53.4 Å². The van der Waals surface area contributed by atoms with Crippen LogP contribution in [0.3, 0.4) is 0 Å². The van der Waals surface area contributed by atoms with E-state index in [1.165, 1.54) is 0 Å². The van der Waals surface area contributed by atoms with Crippen molar-refractivity contribution in [1.82, 2.24) is 14.5 Å². The van der Waals surface area contributed by atoms with E-state index in [4.69, 9.17) is 4.74 Å². The fourth-order valence-corrected chi connectivity index (χ4v) is 3.19. The molecule has 0 aliphatic rings. The van der Waals surface area contributed by atoms with Gasteiger partial charge in [0, 0.05) is 24.9 Å². The third-order valence-electron chi connectivity index (χ3n) is 3.71. The molecule has 2 atom stereocenters. The van der Waals surface area contributed by atoms with E-state index in [2.05, 4.69) is 9.97 Å². The summed E-state index contributed by atoms with van der Waals surface area (Å²) in [6, 6.07) is 9.53. The van der Waals surface area contributed by atoms with Crippen molar-refractivity contribution in [3.63, 3.8) is 0 Å². The van der Waals surface area contributed by atoms with Crippen LogP contribution in [0, 0.1) is 0 Å². The van der Waals surface area contributed by atoms with Gasteiger partial charge in [-0.15, -0.1) is 11.3 Å². The highest BCUT2D eigenvalue weighted by Gasteiger charge is 2.17. The maximum absolute atomic E-state index is 10.5. The molecule has 0 fully saturated rings. The zero-order valence-electron chi connectivity index (χ0n) is 13.1. The van der Waals surface area contributed by atoms with Gasteiger partial charge in [-0.25, -0.2) is 9.97 Å². The van der Waals surface area contributed by atoms with Crippen molar-refractivity contribution >= 4 is 11.3 Å². The first-order valence-electron chi connectivity index (χ1n) is 7.40. The molecule has 0 saturated carbocycles. The Kier molecular flexibility index (Phi) is 4.85. The van der Waals surface area contributed by atoms with E-state index in [1.54, 1.807) is 24.6 Å². The normalized spacial score (nSPS) is 13.9. The van der Waals surface area contributed by atoms with Crippen LogP contribution in [0.2, 0.25) is 0 Å². The molecule has 0 bridgehead atoms. The summed E-state index contributed by atoms with van der Waals surface area (Å²) in [6.07, 6.45) is 2.81. The second kappa shape index (κ2) is 7.04. The van der Waals surface area contributed by atoms with Crippen molar-refractivity contribution in [3.8, 4) is 0 Å². The maximum atomic E-state index is 10.5. The number of aliphatic hydroxyl groups excluding tert-OH is 1. The van der Waals surface area contributed by atoms with Gasteiger partial charge in [0.2, 0.25) is 0 Å². The number of rotatable bonds is 6. The minimum absolute atomic E-state index is 0.00841. The average Bonchev–Trinajstić information content (AvgIpc) is 3.24. The number of aromatic nitrogens is 3. The Balaban J connectivity index is 1.80. The van der Waals surface area contributed by atoms with Crippen molar-refractivity contribution in [3.05, 3.63) is 70.2 Å². The van der Waals surface area contributed by atoms with Gasteiger partial charge in [0.25, 0.3) is 0 Å². The van der Waals surface area contributed by atoms with Crippen molar-refractivity contribution in [2.24, 2.45) is 0 Å². The van der Waals surface area contributed by atoms with Gasteiger partial charge in [0.1, 0.15) is 23.0 Å². The zero-order chi connectivity index (χ0) is 16.2. The van der Waals surface area contributed by atoms with E-state index in [0.717, 1.165) is 16.3 Å². The third-order valence-corrected chi connectivity index (χ3v) is 4.77. The van der Waals surface area contributed by atoms with E-state index >= 15 is 0 Å². The first-order chi connectivity index (χ1) is 11.2. The van der Waals surface area contributed by atoms with Gasteiger partial charge < -0.3 is 14.4 Å². The number of thiazole rings is 1. The Bertz CT molecular complexity index is 754. The minimum atomic E-state index is -0.748. The smallest absolute Gasteiger partial charge is 0.142 e. The van der Waals surface area contributed by atoms with Crippen LogP contribution in [-0.2, 0) is 11.3 Å². The largest absolute Gasteiger partial charge is 0.380 e. The zero-order valence-corrected chi connectivity index (χ0v) is 13.9. The monoisotopic (exact) mass is 329 g/mol. The first-order valence-corrected chi connectivity index (χ1v) is 8.28. The molecule has 0 spiro atoms. The summed E-state index contributed by atoms with van der Waals surface area (Å²) >= 11 is 1.58. The molecule has 3 rings (SSSR count). The Labute approximate surface area is 139 Å². The Morgan fingerprint density at radius 3 is 2.83 bits per heavy atom. The quantitative estimate of drug-likeness (QED) is 0.754. The van der Waals surface area contributed by atoms with Crippen LogP contribution >= 0.6 is 11.3 Å². The molecule has 0 radical (unpaired) electrons. The number of ether oxygens (including phenoxy) is 1. The van der Waals surface area contributed by atoms with Crippen molar-refractivity contribution in [2.45, 2.75) is 25.7 Å². The van der Waals surface area contributed by atoms with Crippen molar-refractivity contribution in [2.75, 3.05) is 7.11 Å². The highest BCUT2D eigenvalue weighted by molar-refractivity contribution is 7.09. The van der Waals surface area contributed by atoms with Crippen LogP contribution in [0.4, 0.5) is 0 Å². The van der Waals surface area contributed by atoms with Gasteiger partial charge >= 0.3 is 0 Å². The van der Waals surface area contributed by atoms with Crippen LogP contribution in [0.25, 0.3) is 0 Å². The predicted molar refractivity (Wildman–Crippen MR) is 89.4 cm³/mol. The van der Waals surface area contributed by atoms with Crippen LogP contribution in [0.15, 0.2) is 48.1 Å². The summed E-state index contributed by atoms with van der Waals surface area (Å²) < 4.78 is 7.22. The average molecular weight is 329 g/mol. The summed E-state index contributed by atoms with van der Waals surface area (Å²) in [6.45, 7) is 2.55. The molecule has 5 nitrogen and oxygen atoms in total. The van der Waals surface area contributed by atoms with Crippen molar-refractivity contribution in [1.29, 1.82) is 0 Å². The van der Waals surface area contributed by atoms with Gasteiger partial charge in [0.15, 0.2) is 0 Å². The summed E-state index contributed by atoms with van der Waals surface area (Å²) in [5, 5.41) is 13.5. The number of hydrogen-bond acceptors (Lipinski definition) is 5. The summed E-state index contributed by atoms with van der Waals surface area (Å²) in [4.78, 5) is 8.90. The van der Waals surface area contributed by atoms with E-state index < -0.39 is 6.10 Å². The number of hydrogen-bond donors (Lipinski definition) is 1. The molecule has 23 heavy (non-hydrogen) atoms. The molecule has 2 aromatic heterocycles. The van der Waals surface area contributed by atoms with Crippen LogP contribution in [0.1, 0.15) is 41.2 Å². The number of benzene rings is 1. The van der Waals surface area contributed by atoms with Gasteiger partial charge in [-0.2, -0.15) is 0 Å². The van der Waals surface area contributed by atoms with E-state index in [-0.39, 0.29) is 6.10 Å². The molecule has 1 aromatic carbocycles. The fraction of sp³-hybridized carbons (Fsp3) is 0.294. The lowest BCUT2D eigenvalue weighted by Gasteiger charge is -2.13. The minimum Gasteiger partial charge on any atom is -0.380 e. The first kappa shape index (κ1) is 15.9. The lowest BCUT2D eigenvalue weighted by atomic mass is 10.1. The molecule has 3 aromatic rings. The molecule has 2 heterocycles. The molecule has 120 valence electrons. The van der Waals surface area contributed by atoms with Gasteiger partial charge in [-0.1, -0.05) is 30.3 Å². The highest BCUT2D eigenvalue weighted by atomic mass is 32.1. The topological polar surface area (TPSA) is 60.2 Å². The molecule has 0 aliphatic heterocycles. The van der Waals surface area contributed by atoms with Gasteiger partial charge in [-0.05, 0) is 12.5 Å². The standard InChI is InChI=1S/C17H19N3O2S/c1-12(22-2)17-19-14(11-23-17)10-20-9-8-18-16(20)15(21)13-6-4-3-5-7-13/h3-9,11-12,15,21H,10H2,1-2H3/t12-,15+/m1/s1. The van der Waals surface area contributed by atoms with E-state index in [0.29, 0.717) is 12.4 Å². The SMILES string of the molecule is CO[C@H](C)c1nc(Cn2ccnc2[C@@H](O)c2ccccc2)cs1. The Morgan fingerprint density at radius 1 is 1.30 bits per heavy atom. The van der Waals surface area contributed by atoms with Crippen LogP contribution < -0.4 is 0 Å². The molecule has 1 N–H and O–H groups in total. The highest BCUT2D eigenvalue weighted by Crippen LogP contribution is 2.23. The molecule has 0 unspecified atom stereocenters. The van der Waals surface area contributed by atoms with Gasteiger partial charge in [0.05, 0.1) is 12.2 Å². The molecular formula is C17H19N3O2S. The fourth-order valence-electron chi connectivity index (χ4n) is 2.34. The third kappa shape index (κ3) is 3.50. The predicted octanol–water partition coefficient (Wildman–Crippen LogP) is 3.18. The maximum Gasteiger partial charge on any atom is 0.142 e. The lowest BCUT2D eigenvalue weighted by molar-refractivity contribution is 0.119. The summed E-state index contributed by atoms with van der Waals surface area (Å²) in [7, 11) is 1.68. The summed E-state index contributed by atoms with van der Waals surface area (Å²) in [5.41, 5.74) is 1.76. The number of imidazole rings is 1.